The van der Waals surface area contributed by atoms with Crippen LogP contribution in [0.25, 0.3) is 11.3 Å². The third kappa shape index (κ3) is 2.53. The van der Waals surface area contributed by atoms with Gasteiger partial charge in [0, 0.05) is 31.1 Å². The predicted molar refractivity (Wildman–Crippen MR) is 61.0 cm³/mol. The van der Waals surface area contributed by atoms with Crippen LogP contribution in [0.4, 0.5) is 0 Å². The van der Waals surface area contributed by atoms with Gasteiger partial charge >= 0.3 is 0 Å². The Hall–Kier alpha value is -1.52. The maximum absolute atomic E-state index is 5.91. The van der Waals surface area contributed by atoms with E-state index in [1.165, 1.54) is 0 Å². The SMILES string of the molecule is COCc1nc(Cl)cc(-c2cccnc2)n1. The Morgan fingerprint density at radius 1 is 1.38 bits per heavy atom. The highest BCUT2D eigenvalue weighted by atomic mass is 35.5. The van der Waals surface area contributed by atoms with Gasteiger partial charge < -0.3 is 4.74 Å². The molecule has 0 radical (unpaired) electrons. The number of aromatic nitrogens is 3. The summed E-state index contributed by atoms with van der Waals surface area (Å²) in [5.41, 5.74) is 1.66. The fourth-order valence-corrected chi connectivity index (χ4v) is 1.52. The van der Waals surface area contributed by atoms with E-state index in [9.17, 15) is 0 Å². The van der Waals surface area contributed by atoms with Crippen molar-refractivity contribution in [2.45, 2.75) is 6.61 Å². The lowest BCUT2D eigenvalue weighted by molar-refractivity contribution is 0.178. The van der Waals surface area contributed by atoms with Gasteiger partial charge in [0.2, 0.25) is 0 Å². The van der Waals surface area contributed by atoms with Gasteiger partial charge in [-0.3, -0.25) is 4.98 Å². The van der Waals surface area contributed by atoms with Crippen LogP contribution in [0.5, 0.6) is 0 Å². The fraction of sp³-hybridized carbons (Fsp3) is 0.182. The topological polar surface area (TPSA) is 47.9 Å². The summed E-state index contributed by atoms with van der Waals surface area (Å²) in [5.74, 6) is 0.564. The summed E-state index contributed by atoms with van der Waals surface area (Å²) in [6.45, 7) is 0.341. The molecule has 0 aliphatic heterocycles. The zero-order valence-electron chi connectivity index (χ0n) is 8.72. The number of ether oxygens (including phenoxy) is 1. The molecule has 0 saturated carbocycles. The Balaban J connectivity index is 2.41. The van der Waals surface area contributed by atoms with Crippen LogP contribution in [0.1, 0.15) is 5.82 Å². The average molecular weight is 236 g/mol. The van der Waals surface area contributed by atoms with Crippen LogP contribution in [0.3, 0.4) is 0 Å². The van der Waals surface area contributed by atoms with Crippen molar-refractivity contribution >= 4 is 11.6 Å². The third-order valence-corrected chi connectivity index (χ3v) is 2.17. The fourth-order valence-electron chi connectivity index (χ4n) is 1.32. The van der Waals surface area contributed by atoms with Crippen LogP contribution in [0.15, 0.2) is 30.6 Å². The van der Waals surface area contributed by atoms with E-state index in [-0.39, 0.29) is 0 Å². The first-order valence-corrected chi connectivity index (χ1v) is 5.10. The van der Waals surface area contributed by atoms with Crippen LogP contribution in [-0.4, -0.2) is 22.1 Å². The highest BCUT2D eigenvalue weighted by Gasteiger charge is 2.05. The van der Waals surface area contributed by atoms with Crippen molar-refractivity contribution < 1.29 is 4.74 Å². The molecule has 0 spiro atoms. The van der Waals surface area contributed by atoms with Gasteiger partial charge in [0.05, 0.1) is 5.69 Å². The maximum atomic E-state index is 5.91. The number of hydrogen-bond donors (Lipinski definition) is 0. The summed E-state index contributed by atoms with van der Waals surface area (Å²) in [6, 6.07) is 5.47. The Labute approximate surface area is 98.3 Å². The van der Waals surface area contributed by atoms with E-state index in [0.29, 0.717) is 17.6 Å². The highest BCUT2D eigenvalue weighted by molar-refractivity contribution is 6.29. The smallest absolute Gasteiger partial charge is 0.156 e. The van der Waals surface area contributed by atoms with Crippen LogP contribution in [0, 0.1) is 0 Å². The summed E-state index contributed by atoms with van der Waals surface area (Å²) in [4.78, 5) is 12.4. The van der Waals surface area contributed by atoms with E-state index in [1.54, 1.807) is 25.6 Å². The molecule has 2 aromatic rings. The Bertz CT molecular complexity index is 476. The lowest BCUT2D eigenvalue weighted by Gasteiger charge is -2.04. The second kappa shape index (κ2) is 5.01. The van der Waals surface area contributed by atoms with E-state index in [2.05, 4.69) is 15.0 Å². The van der Waals surface area contributed by atoms with E-state index in [0.717, 1.165) is 11.3 Å². The number of methoxy groups -OCH3 is 1. The van der Waals surface area contributed by atoms with E-state index in [1.807, 2.05) is 12.1 Å². The largest absolute Gasteiger partial charge is 0.377 e. The zero-order valence-corrected chi connectivity index (χ0v) is 9.48. The van der Waals surface area contributed by atoms with Crippen molar-refractivity contribution in [1.29, 1.82) is 0 Å². The Morgan fingerprint density at radius 3 is 2.94 bits per heavy atom. The summed E-state index contributed by atoms with van der Waals surface area (Å²) >= 11 is 5.91. The monoisotopic (exact) mass is 235 g/mol. The molecule has 0 unspecified atom stereocenters. The number of hydrogen-bond acceptors (Lipinski definition) is 4. The first-order valence-electron chi connectivity index (χ1n) is 4.72. The molecule has 5 heteroatoms. The molecule has 0 amide bonds. The van der Waals surface area contributed by atoms with E-state index in [4.69, 9.17) is 16.3 Å². The molecule has 16 heavy (non-hydrogen) atoms. The molecular formula is C11H10ClN3O. The first kappa shape index (κ1) is 11.0. The van der Waals surface area contributed by atoms with E-state index >= 15 is 0 Å². The van der Waals surface area contributed by atoms with Gasteiger partial charge in [-0.05, 0) is 12.1 Å². The molecular weight excluding hydrogens is 226 g/mol. The number of halogens is 1. The predicted octanol–water partition coefficient (Wildman–Crippen LogP) is 2.34. The van der Waals surface area contributed by atoms with Crippen LogP contribution in [-0.2, 0) is 11.3 Å². The Morgan fingerprint density at radius 2 is 2.25 bits per heavy atom. The number of pyridine rings is 1. The third-order valence-electron chi connectivity index (χ3n) is 1.97. The van der Waals surface area contributed by atoms with Gasteiger partial charge in [-0.2, -0.15) is 0 Å². The average Bonchev–Trinajstić information content (AvgIpc) is 2.30. The first-order chi connectivity index (χ1) is 7.79. The maximum Gasteiger partial charge on any atom is 0.156 e. The van der Waals surface area contributed by atoms with Crippen molar-refractivity contribution in [1.82, 2.24) is 15.0 Å². The molecule has 0 N–H and O–H groups in total. The van der Waals surface area contributed by atoms with Gasteiger partial charge in [-0.1, -0.05) is 11.6 Å². The molecule has 0 bridgehead atoms. The summed E-state index contributed by atoms with van der Waals surface area (Å²) in [7, 11) is 1.59. The van der Waals surface area contributed by atoms with Crippen LogP contribution >= 0.6 is 11.6 Å². The normalized spacial score (nSPS) is 10.4. The lowest BCUT2D eigenvalue weighted by Crippen LogP contribution is -1.98. The second-order valence-corrected chi connectivity index (χ2v) is 3.55. The number of nitrogens with zero attached hydrogens (tertiary/aromatic N) is 3. The molecule has 0 aromatic carbocycles. The van der Waals surface area contributed by atoms with Gasteiger partial charge in [0.25, 0.3) is 0 Å². The molecule has 0 atom stereocenters. The minimum absolute atomic E-state index is 0.341. The van der Waals surface area contributed by atoms with Gasteiger partial charge in [0.15, 0.2) is 5.82 Å². The molecule has 0 fully saturated rings. The molecule has 2 rings (SSSR count). The molecule has 82 valence electrons. The highest BCUT2D eigenvalue weighted by Crippen LogP contribution is 2.18. The molecule has 0 aliphatic rings. The van der Waals surface area contributed by atoms with Crippen molar-refractivity contribution in [3.63, 3.8) is 0 Å². The quantitative estimate of drug-likeness (QED) is 0.767. The van der Waals surface area contributed by atoms with Crippen LogP contribution in [0.2, 0.25) is 5.15 Å². The molecule has 4 nitrogen and oxygen atoms in total. The second-order valence-electron chi connectivity index (χ2n) is 3.17. The lowest BCUT2D eigenvalue weighted by atomic mass is 10.2. The van der Waals surface area contributed by atoms with Crippen molar-refractivity contribution in [2.24, 2.45) is 0 Å². The van der Waals surface area contributed by atoms with Gasteiger partial charge in [0.1, 0.15) is 11.8 Å². The van der Waals surface area contributed by atoms with Crippen molar-refractivity contribution in [3.8, 4) is 11.3 Å². The van der Waals surface area contributed by atoms with Gasteiger partial charge in [-0.15, -0.1) is 0 Å². The summed E-state index contributed by atoms with van der Waals surface area (Å²) in [6.07, 6.45) is 3.44. The number of rotatable bonds is 3. The molecule has 2 heterocycles. The van der Waals surface area contributed by atoms with Crippen molar-refractivity contribution in [3.05, 3.63) is 41.6 Å². The van der Waals surface area contributed by atoms with Gasteiger partial charge in [-0.25, -0.2) is 9.97 Å². The minimum atomic E-state index is 0.341. The molecule has 0 aliphatic carbocycles. The summed E-state index contributed by atoms with van der Waals surface area (Å²) < 4.78 is 4.97. The molecule has 0 saturated heterocycles. The standard InChI is InChI=1S/C11H10ClN3O/c1-16-7-11-14-9(5-10(12)15-11)8-3-2-4-13-6-8/h2-6H,7H2,1H3. The zero-order chi connectivity index (χ0) is 11.4. The van der Waals surface area contributed by atoms with Crippen molar-refractivity contribution in [2.75, 3.05) is 7.11 Å². The molecule has 2 aromatic heterocycles. The summed E-state index contributed by atoms with van der Waals surface area (Å²) in [5, 5.41) is 0.404. The minimum Gasteiger partial charge on any atom is -0.377 e. The Kier molecular flexibility index (Phi) is 3.44. The van der Waals surface area contributed by atoms with E-state index < -0.39 is 0 Å². The van der Waals surface area contributed by atoms with Crippen LogP contribution < -0.4 is 0 Å².